The molecule has 0 radical (unpaired) electrons. The highest BCUT2D eigenvalue weighted by atomic mass is 32.2. The molecule has 0 unspecified atom stereocenters. The average Bonchev–Trinajstić information content (AvgIpc) is 3.11. The summed E-state index contributed by atoms with van der Waals surface area (Å²) < 4.78 is 5.68. The van der Waals surface area contributed by atoms with Crippen molar-refractivity contribution in [3.63, 3.8) is 0 Å². The quantitative estimate of drug-likeness (QED) is 0.675. The van der Waals surface area contributed by atoms with Crippen LogP contribution >= 0.6 is 11.8 Å². The van der Waals surface area contributed by atoms with E-state index in [1.165, 1.54) is 17.3 Å². The van der Waals surface area contributed by atoms with Gasteiger partial charge in [0.2, 0.25) is 0 Å². The molecule has 0 aromatic heterocycles. The zero-order valence-corrected chi connectivity index (χ0v) is 18.3. The van der Waals surface area contributed by atoms with Crippen molar-refractivity contribution in [2.45, 2.75) is 26.5 Å². The van der Waals surface area contributed by atoms with E-state index < -0.39 is 0 Å². The average molecular weight is 422 g/mol. The van der Waals surface area contributed by atoms with Gasteiger partial charge in [-0.2, -0.15) is 4.99 Å². The number of carbonyl (C=O) groups excluding carboxylic acids is 1. The van der Waals surface area contributed by atoms with Gasteiger partial charge >= 0.3 is 0 Å². The number of aliphatic imine (C=N–C) groups is 1. The van der Waals surface area contributed by atoms with Crippen molar-refractivity contribution in [1.29, 1.82) is 0 Å². The van der Waals surface area contributed by atoms with Crippen molar-refractivity contribution >= 4 is 28.9 Å². The lowest BCUT2D eigenvalue weighted by Crippen LogP contribution is -2.47. The maximum absolute atomic E-state index is 12.4. The molecule has 0 bridgehead atoms. The van der Waals surface area contributed by atoms with Crippen LogP contribution in [0.25, 0.3) is 6.08 Å². The molecule has 156 valence electrons. The second kappa shape index (κ2) is 9.49. The maximum atomic E-state index is 12.4. The van der Waals surface area contributed by atoms with Crippen molar-refractivity contribution in [3.05, 3.63) is 70.6 Å². The summed E-state index contributed by atoms with van der Waals surface area (Å²) in [5, 5.41) is 0.824. The summed E-state index contributed by atoms with van der Waals surface area (Å²) in [6.45, 7) is 8.70. The lowest BCUT2D eigenvalue weighted by molar-refractivity contribution is -0.113. The Morgan fingerprint density at radius 2 is 1.73 bits per heavy atom. The predicted octanol–water partition coefficient (Wildman–Crippen LogP) is 4.26. The van der Waals surface area contributed by atoms with E-state index in [1.807, 2.05) is 50.3 Å². The third-order valence-corrected chi connectivity index (χ3v) is 6.10. The number of thioether (sulfide) groups is 1. The van der Waals surface area contributed by atoms with Crippen molar-refractivity contribution in [2.24, 2.45) is 4.99 Å². The minimum Gasteiger partial charge on any atom is -0.491 e. The molecule has 2 aromatic carbocycles. The SMILES string of the molecule is CC(C)Oc1ccc(C=C2SC(N3CCN(Cc4ccccc4)CC3)=NC2=O)cc1. The second-order valence-corrected chi connectivity index (χ2v) is 8.80. The molecule has 2 aliphatic rings. The van der Waals surface area contributed by atoms with E-state index in [0.29, 0.717) is 4.91 Å². The number of piperazine rings is 1. The Morgan fingerprint density at radius 1 is 1.03 bits per heavy atom. The van der Waals surface area contributed by atoms with E-state index in [4.69, 9.17) is 4.74 Å². The number of hydrogen-bond donors (Lipinski definition) is 0. The highest BCUT2D eigenvalue weighted by molar-refractivity contribution is 8.18. The summed E-state index contributed by atoms with van der Waals surface area (Å²) in [6.07, 6.45) is 2.05. The van der Waals surface area contributed by atoms with Gasteiger partial charge in [0.25, 0.3) is 5.91 Å². The topological polar surface area (TPSA) is 45.1 Å². The fraction of sp³-hybridized carbons (Fsp3) is 0.333. The molecular weight excluding hydrogens is 394 g/mol. The molecule has 4 rings (SSSR count). The molecule has 5 nitrogen and oxygen atoms in total. The predicted molar refractivity (Wildman–Crippen MR) is 124 cm³/mol. The van der Waals surface area contributed by atoms with Crippen LogP contribution in [0.2, 0.25) is 0 Å². The Hall–Kier alpha value is -2.57. The molecule has 1 saturated heterocycles. The van der Waals surface area contributed by atoms with Crippen LogP contribution in [-0.4, -0.2) is 53.2 Å². The molecular formula is C24H27N3O2S. The van der Waals surface area contributed by atoms with Gasteiger partial charge in [0.15, 0.2) is 5.17 Å². The number of amides is 1. The largest absolute Gasteiger partial charge is 0.491 e. The van der Waals surface area contributed by atoms with E-state index in [2.05, 4.69) is 39.1 Å². The third kappa shape index (κ3) is 5.32. The Labute approximate surface area is 182 Å². The van der Waals surface area contributed by atoms with Crippen LogP contribution in [0.5, 0.6) is 5.75 Å². The first-order valence-corrected chi connectivity index (χ1v) is 11.2. The molecule has 1 fully saturated rings. The normalized spacial score (nSPS) is 18.9. The lowest BCUT2D eigenvalue weighted by Gasteiger charge is -2.35. The van der Waals surface area contributed by atoms with Gasteiger partial charge in [-0.05, 0) is 54.9 Å². The van der Waals surface area contributed by atoms with E-state index in [9.17, 15) is 4.79 Å². The first kappa shape index (κ1) is 20.7. The van der Waals surface area contributed by atoms with Gasteiger partial charge < -0.3 is 9.64 Å². The van der Waals surface area contributed by atoms with Gasteiger partial charge in [-0.25, -0.2) is 0 Å². The summed E-state index contributed by atoms with van der Waals surface area (Å²) in [5.41, 5.74) is 2.31. The first-order chi connectivity index (χ1) is 14.6. The number of benzene rings is 2. The zero-order valence-electron chi connectivity index (χ0n) is 17.5. The zero-order chi connectivity index (χ0) is 20.9. The molecule has 6 heteroatoms. The van der Waals surface area contributed by atoms with Crippen LogP contribution in [0.4, 0.5) is 0 Å². The number of ether oxygens (including phenoxy) is 1. The fourth-order valence-electron chi connectivity index (χ4n) is 3.54. The van der Waals surface area contributed by atoms with Gasteiger partial charge in [0.05, 0.1) is 11.0 Å². The van der Waals surface area contributed by atoms with Crippen molar-refractivity contribution < 1.29 is 9.53 Å². The number of carbonyl (C=O) groups is 1. The van der Waals surface area contributed by atoms with E-state index >= 15 is 0 Å². The molecule has 0 saturated carbocycles. The molecule has 2 aromatic rings. The summed E-state index contributed by atoms with van der Waals surface area (Å²) in [6, 6.07) is 18.4. The Bertz CT molecular complexity index is 931. The van der Waals surface area contributed by atoms with Gasteiger partial charge in [-0.15, -0.1) is 0 Å². The van der Waals surface area contributed by atoms with Crippen LogP contribution in [-0.2, 0) is 11.3 Å². The maximum Gasteiger partial charge on any atom is 0.286 e. The van der Waals surface area contributed by atoms with Gasteiger partial charge in [0, 0.05) is 32.7 Å². The Balaban J connectivity index is 1.32. The van der Waals surface area contributed by atoms with Gasteiger partial charge in [0.1, 0.15) is 5.75 Å². The second-order valence-electron chi connectivity index (χ2n) is 7.79. The van der Waals surface area contributed by atoms with E-state index in [-0.39, 0.29) is 12.0 Å². The van der Waals surface area contributed by atoms with E-state index in [1.54, 1.807) is 0 Å². The van der Waals surface area contributed by atoms with Crippen molar-refractivity contribution in [2.75, 3.05) is 26.2 Å². The first-order valence-electron chi connectivity index (χ1n) is 10.4. The molecule has 0 spiro atoms. The van der Waals surface area contributed by atoms with Crippen molar-refractivity contribution in [3.8, 4) is 5.75 Å². The van der Waals surface area contributed by atoms with Gasteiger partial charge in [-0.3, -0.25) is 9.69 Å². The highest BCUT2D eigenvalue weighted by Gasteiger charge is 2.28. The molecule has 0 atom stereocenters. The number of rotatable bonds is 5. The summed E-state index contributed by atoms with van der Waals surface area (Å²) >= 11 is 1.48. The Kier molecular flexibility index (Phi) is 6.55. The summed E-state index contributed by atoms with van der Waals surface area (Å²) in [4.78, 5) is 22.1. The van der Waals surface area contributed by atoms with Crippen LogP contribution in [0.15, 0.2) is 64.5 Å². The van der Waals surface area contributed by atoms with Crippen LogP contribution < -0.4 is 4.74 Å². The molecule has 2 aliphatic heterocycles. The fourth-order valence-corrected chi connectivity index (χ4v) is 4.50. The molecule has 30 heavy (non-hydrogen) atoms. The van der Waals surface area contributed by atoms with E-state index in [0.717, 1.165) is 49.2 Å². The van der Waals surface area contributed by atoms with Crippen LogP contribution in [0, 0.1) is 0 Å². The number of hydrogen-bond acceptors (Lipinski definition) is 5. The minimum absolute atomic E-state index is 0.144. The van der Waals surface area contributed by atoms with Crippen LogP contribution in [0.3, 0.4) is 0 Å². The standard InChI is InChI=1S/C24H27N3O2S/c1-18(2)29-21-10-8-19(9-11-21)16-22-23(28)25-24(30-22)27-14-12-26(13-15-27)17-20-6-4-3-5-7-20/h3-11,16,18H,12-15,17H2,1-2H3. The smallest absolute Gasteiger partial charge is 0.286 e. The van der Waals surface area contributed by atoms with Gasteiger partial charge in [-0.1, -0.05) is 42.5 Å². The number of nitrogens with zero attached hydrogens (tertiary/aromatic N) is 3. The number of amidine groups is 1. The molecule has 0 aliphatic carbocycles. The summed E-state index contributed by atoms with van der Waals surface area (Å²) in [5.74, 6) is 0.687. The minimum atomic E-state index is -0.149. The monoisotopic (exact) mass is 421 g/mol. The molecule has 0 N–H and O–H groups in total. The highest BCUT2D eigenvalue weighted by Crippen LogP contribution is 2.31. The van der Waals surface area contributed by atoms with Crippen molar-refractivity contribution in [1.82, 2.24) is 9.80 Å². The lowest BCUT2D eigenvalue weighted by atomic mass is 10.2. The molecule has 2 heterocycles. The summed E-state index contributed by atoms with van der Waals surface area (Å²) in [7, 11) is 0. The third-order valence-electron chi connectivity index (χ3n) is 5.05. The molecule has 1 amide bonds. The van der Waals surface area contributed by atoms with Crippen LogP contribution in [0.1, 0.15) is 25.0 Å². The Morgan fingerprint density at radius 3 is 2.40 bits per heavy atom.